The van der Waals surface area contributed by atoms with Crippen molar-refractivity contribution in [1.82, 2.24) is 5.32 Å². The van der Waals surface area contributed by atoms with Crippen molar-refractivity contribution in [2.24, 2.45) is 5.92 Å². The summed E-state index contributed by atoms with van der Waals surface area (Å²) in [6.07, 6.45) is 0. The lowest BCUT2D eigenvalue weighted by Crippen LogP contribution is -2.42. The molecule has 20 heavy (non-hydrogen) atoms. The first-order valence-corrected chi connectivity index (χ1v) is 5.98. The van der Waals surface area contributed by atoms with Crippen molar-refractivity contribution in [3.05, 3.63) is 29.6 Å². The first-order valence-electron chi connectivity index (χ1n) is 5.98. The van der Waals surface area contributed by atoms with E-state index in [0.29, 0.717) is 0 Å². The van der Waals surface area contributed by atoms with Crippen LogP contribution in [0, 0.1) is 11.7 Å². The Morgan fingerprint density at radius 1 is 1.45 bits per heavy atom. The highest BCUT2D eigenvalue weighted by atomic mass is 19.1. The standard InChI is InChI=1S/C13H14FNO5/c1-19-11-3-2-7(4-9(11)14)12(16)15-10-6-20-5-8(10)13(17)18/h2-4,8,10H,5-6H2,1H3,(H,15,16)(H,17,18). The van der Waals surface area contributed by atoms with Gasteiger partial charge in [0.2, 0.25) is 0 Å². The zero-order valence-electron chi connectivity index (χ0n) is 10.8. The Hall–Kier alpha value is -2.15. The van der Waals surface area contributed by atoms with E-state index in [1.807, 2.05) is 0 Å². The lowest BCUT2D eigenvalue weighted by Gasteiger charge is -2.15. The van der Waals surface area contributed by atoms with Crippen molar-refractivity contribution >= 4 is 11.9 Å². The van der Waals surface area contributed by atoms with Crippen LogP contribution in [0.1, 0.15) is 10.4 Å². The summed E-state index contributed by atoms with van der Waals surface area (Å²) < 4.78 is 23.3. The molecule has 108 valence electrons. The molecular weight excluding hydrogens is 269 g/mol. The predicted molar refractivity (Wildman–Crippen MR) is 66.2 cm³/mol. The van der Waals surface area contributed by atoms with Crippen molar-refractivity contribution in [3.8, 4) is 5.75 Å². The third-order valence-electron chi connectivity index (χ3n) is 3.13. The number of rotatable bonds is 4. The topological polar surface area (TPSA) is 84.9 Å². The maximum atomic E-state index is 13.5. The molecule has 0 aromatic heterocycles. The Balaban J connectivity index is 2.08. The van der Waals surface area contributed by atoms with Gasteiger partial charge in [-0.25, -0.2) is 4.39 Å². The number of aliphatic carboxylic acids is 1. The van der Waals surface area contributed by atoms with Gasteiger partial charge >= 0.3 is 5.97 Å². The van der Waals surface area contributed by atoms with Crippen molar-refractivity contribution in [3.63, 3.8) is 0 Å². The Morgan fingerprint density at radius 3 is 2.80 bits per heavy atom. The summed E-state index contributed by atoms with van der Waals surface area (Å²) in [7, 11) is 1.32. The third-order valence-corrected chi connectivity index (χ3v) is 3.13. The Morgan fingerprint density at radius 2 is 2.20 bits per heavy atom. The van der Waals surface area contributed by atoms with E-state index < -0.39 is 29.7 Å². The summed E-state index contributed by atoms with van der Waals surface area (Å²) in [5.74, 6) is -2.99. The molecule has 0 radical (unpaired) electrons. The molecule has 1 fully saturated rings. The average Bonchev–Trinajstić information content (AvgIpc) is 2.86. The second-order valence-corrected chi connectivity index (χ2v) is 4.41. The van der Waals surface area contributed by atoms with Crippen molar-refractivity contribution < 1.29 is 28.6 Å². The number of amides is 1. The molecule has 2 N–H and O–H groups in total. The van der Waals surface area contributed by atoms with Crippen LogP contribution in [0.4, 0.5) is 4.39 Å². The molecule has 1 aliphatic rings. The Labute approximate surface area is 114 Å². The SMILES string of the molecule is COc1ccc(C(=O)NC2COCC2C(=O)O)cc1F. The molecule has 1 heterocycles. The van der Waals surface area contributed by atoms with Crippen LogP contribution in [0.25, 0.3) is 0 Å². The molecular formula is C13H14FNO5. The molecule has 2 rings (SSSR count). The van der Waals surface area contributed by atoms with Crippen LogP contribution in [-0.2, 0) is 9.53 Å². The summed E-state index contributed by atoms with van der Waals surface area (Å²) in [5, 5.41) is 11.5. The number of hydrogen-bond acceptors (Lipinski definition) is 4. The van der Waals surface area contributed by atoms with E-state index >= 15 is 0 Å². The molecule has 1 aromatic rings. The first kappa shape index (κ1) is 14.3. The van der Waals surface area contributed by atoms with Crippen LogP contribution < -0.4 is 10.1 Å². The van der Waals surface area contributed by atoms with Crippen LogP contribution in [0.15, 0.2) is 18.2 Å². The number of hydrogen-bond donors (Lipinski definition) is 2. The second kappa shape index (κ2) is 5.87. The highest BCUT2D eigenvalue weighted by Crippen LogP contribution is 2.19. The monoisotopic (exact) mass is 283 g/mol. The molecule has 0 bridgehead atoms. The summed E-state index contributed by atoms with van der Waals surface area (Å²) >= 11 is 0. The summed E-state index contributed by atoms with van der Waals surface area (Å²) in [4.78, 5) is 22.9. The molecule has 0 spiro atoms. The van der Waals surface area contributed by atoms with Crippen LogP contribution >= 0.6 is 0 Å². The fraction of sp³-hybridized carbons (Fsp3) is 0.385. The van der Waals surface area contributed by atoms with Crippen LogP contribution in [0.5, 0.6) is 5.75 Å². The third kappa shape index (κ3) is 2.88. The predicted octanol–water partition coefficient (Wildman–Crippen LogP) is 0.664. The van der Waals surface area contributed by atoms with Crippen LogP contribution in [0.3, 0.4) is 0 Å². The number of nitrogens with one attached hydrogen (secondary N) is 1. The molecule has 2 unspecified atom stereocenters. The Kier molecular flexibility index (Phi) is 4.19. The maximum Gasteiger partial charge on any atom is 0.311 e. The number of carbonyl (C=O) groups excluding carboxylic acids is 1. The van der Waals surface area contributed by atoms with Gasteiger partial charge in [-0.1, -0.05) is 0 Å². The van der Waals surface area contributed by atoms with Gasteiger partial charge in [0.1, 0.15) is 5.92 Å². The number of benzene rings is 1. The van der Waals surface area contributed by atoms with Gasteiger partial charge in [-0.3, -0.25) is 9.59 Å². The second-order valence-electron chi connectivity index (χ2n) is 4.41. The average molecular weight is 283 g/mol. The molecule has 0 aliphatic carbocycles. The van der Waals surface area contributed by atoms with E-state index in [9.17, 15) is 14.0 Å². The lowest BCUT2D eigenvalue weighted by molar-refractivity contribution is -0.142. The normalized spacial score (nSPS) is 21.5. The highest BCUT2D eigenvalue weighted by Gasteiger charge is 2.35. The summed E-state index contributed by atoms with van der Waals surface area (Å²) in [6, 6.07) is 3.16. The minimum atomic E-state index is -1.03. The molecule has 1 amide bonds. The van der Waals surface area contributed by atoms with Crippen LogP contribution in [-0.4, -0.2) is 43.3 Å². The molecule has 7 heteroatoms. The molecule has 1 aromatic carbocycles. The van der Waals surface area contributed by atoms with E-state index in [2.05, 4.69) is 5.32 Å². The highest BCUT2D eigenvalue weighted by molar-refractivity contribution is 5.94. The Bertz CT molecular complexity index is 533. The van der Waals surface area contributed by atoms with Gasteiger partial charge in [0.25, 0.3) is 5.91 Å². The summed E-state index contributed by atoms with van der Waals surface area (Å²) in [5.41, 5.74) is 0.0966. The quantitative estimate of drug-likeness (QED) is 0.848. The van der Waals surface area contributed by atoms with E-state index in [1.54, 1.807) is 0 Å². The maximum absolute atomic E-state index is 13.5. The summed E-state index contributed by atoms with van der Waals surface area (Å²) in [6.45, 7) is 0.179. The van der Waals surface area contributed by atoms with Crippen LogP contribution in [0.2, 0.25) is 0 Å². The zero-order chi connectivity index (χ0) is 14.7. The number of carboxylic acids is 1. The fourth-order valence-electron chi connectivity index (χ4n) is 2.00. The minimum absolute atomic E-state index is 0.0363. The smallest absolute Gasteiger partial charge is 0.311 e. The van der Waals surface area contributed by atoms with E-state index in [-0.39, 0.29) is 24.5 Å². The van der Waals surface area contributed by atoms with Gasteiger partial charge in [0.15, 0.2) is 11.6 Å². The van der Waals surface area contributed by atoms with Gasteiger partial charge in [-0.15, -0.1) is 0 Å². The number of carboxylic acid groups (broad SMARTS) is 1. The minimum Gasteiger partial charge on any atom is -0.494 e. The molecule has 1 aliphatic heterocycles. The van der Waals surface area contributed by atoms with Gasteiger partial charge in [0, 0.05) is 5.56 Å². The molecule has 0 saturated carbocycles. The number of halogens is 1. The van der Waals surface area contributed by atoms with Crippen molar-refractivity contribution in [1.29, 1.82) is 0 Å². The van der Waals surface area contributed by atoms with Gasteiger partial charge in [-0.2, -0.15) is 0 Å². The van der Waals surface area contributed by atoms with E-state index in [1.165, 1.54) is 19.2 Å². The molecule has 6 nitrogen and oxygen atoms in total. The van der Waals surface area contributed by atoms with E-state index in [4.69, 9.17) is 14.6 Å². The number of ether oxygens (including phenoxy) is 2. The molecule has 1 saturated heterocycles. The number of carbonyl (C=O) groups is 2. The lowest BCUT2D eigenvalue weighted by atomic mass is 10.0. The van der Waals surface area contributed by atoms with E-state index in [0.717, 1.165) is 6.07 Å². The number of methoxy groups -OCH3 is 1. The van der Waals surface area contributed by atoms with Crippen molar-refractivity contribution in [2.45, 2.75) is 6.04 Å². The van der Waals surface area contributed by atoms with Gasteiger partial charge in [0.05, 0.1) is 26.4 Å². The van der Waals surface area contributed by atoms with Crippen molar-refractivity contribution in [2.75, 3.05) is 20.3 Å². The molecule has 2 atom stereocenters. The van der Waals surface area contributed by atoms with Gasteiger partial charge in [-0.05, 0) is 18.2 Å². The first-order chi connectivity index (χ1) is 9.52. The fourth-order valence-corrected chi connectivity index (χ4v) is 2.00. The zero-order valence-corrected chi connectivity index (χ0v) is 10.8. The van der Waals surface area contributed by atoms with Gasteiger partial charge < -0.3 is 19.9 Å². The largest absolute Gasteiger partial charge is 0.494 e.